The van der Waals surface area contributed by atoms with Gasteiger partial charge in [0, 0.05) is 6.42 Å². The number of rotatable bonds is 3. The van der Waals surface area contributed by atoms with Crippen LogP contribution in [0, 0.1) is 0 Å². The molecule has 1 unspecified atom stereocenters. The summed E-state index contributed by atoms with van der Waals surface area (Å²) in [7, 11) is 0. The van der Waals surface area contributed by atoms with Crippen molar-refractivity contribution in [3.63, 3.8) is 0 Å². The Bertz CT molecular complexity index is 107. The van der Waals surface area contributed by atoms with Crippen LogP contribution in [-0.2, 0) is 4.79 Å². The summed E-state index contributed by atoms with van der Waals surface area (Å²) in [5.41, 5.74) is -1.29. The molecular formula is C7H13FO. The van der Waals surface area contributed by atoms with E-state index in [0.29, 0.717) is 6.42 Å². The van der Waals surface area contributed by atoms with Crippen molar-refractivity contribution >= 4 is 5.78 Å². The van der Waals surface area contributed by atoms with E-state index in [4.69, 9.17) is 0 Å². The molecule has 0 aromatic rings. The molecule has 0 amide bonds. The van der Waals surface area contributed by atoms with E-state index in [2.05, 4.69) is 0 Å². The van der Waals surface area contributed by atoms with Crippen LogP contribution in [-0.4, -0.2) is 11.5 Å². The number of carbonyl (C=O) groups is 1. The number of halogens is 1. The first kappa shape index (κ1) is 8.60. The first-order chi connectivity index (χ1) is 3.98. The van der Waals surface area contributed by atoms with Gasteiger partial charge >= 0.3 is 0 Å². The molecule has 54 valence electrons. The summed E-state index contributed by atoms with van der Waals surface area (Å²) in [5, 5.41) is 0. The third-order valence-corrected chi connectivity index (χ3v) is 1.35. The van der Waals surface area contributed by atoms with E-state index in [1.54, 1.807) is 6.92 Å². The van der Waals surface area contributed by atoms with Crippen molar-refractivity contribution < 1.29 is 9.18 Å². The predicted molar refractivity (Wildman–Crippen MR) is 35.1 cm³/mol. The highest BCUT2D eigenvalue weighted by Crippen LogP contribution is 2.19. The van der Waals surface area contributed by atoms with E-state index in [9.17, 15) is 9.18 Å². The van der Waals surface area contributed by atoms with Crippen molar-refractivity contribution in [1.29, 1.82) is 0 Å². The monoisotopic (exact) mass is 132 g/mol. The van der Waals surface area contributed by atoms with Gasteiger partial charge in [-0.05, 0) is 20.3 Å². The third-order valence-electron chi connectivity index (χ3n) is 1.35. The van der Waals surface area contributed by atoms with Gasteiger partial charge in [-0.25, -0.2) is 4.39 Å². The third kappa shape index (κ3) is 4.13. The summed E-state index contributed by atoms with van der Waals surface area (Å²) in [6.07, 6.45) is 0.454. The highest BCUT2D eigenvalue weighted by atomic mass is 19.1. The van der Waals surface area contributed by atoms with Gasteiger partial charge in [-0.2, -0.15) is 0 Å². The summed E-state index contributed by atoms with van der Waals surface area (Å²) in [5.74, 6) is -0.0816. The van der Waals surface area contributed by atoms with Crippen LogP contribution < -0.4 is 0 Å². The molecule has 0 saturated carbocycles. The Labute approximate surface area is 55.3 Å². The molecule has 0 rings (SSSR count). The first-order valence-electron chi connectivity index (χ1n) is 3.16. The van der Waals surface area contributed by atoms with E-state index in [1.165, 1.54) is 13.8 Å². The lowest BCUT2D eigenvalue weighted by atomic mass is 9.99. The van der Waals surface area contributed by atoms with Gasteiger partial charge in [0.2, 0.25) is 0 Å². The molecule has 0 saturated heterocycles. The largest absolute Gasteiger partial charge is 0.300 e. The van der Waals surface area contributed by atoms with Crippen LogP contribution in [0.15, 0.2) is 0 Å². The lowest BCUT2D eigenvalue weighted by Gasteiger charge is -2.14. The molecule has 9 heavy (non-hydrogen) atoms. The van der Waals surface area contributed by atoms with Crippen LogP contribution in [0.25, 0.3) is 0 Å². The molecule has 0 radical (unpaired) electrons. The molecule has 0 aliphatic rings. The fraction of sp³-hybridized carbons (Fsp3) is 0.857. The zero-order valence-corrected chi connectivity index (χ0v) is 6.20. The highest BCUT2D eigenvalue weighted by molar-refractivity contribution is 5.76. The van der Waals surface area contributed by atoms with Crippen molar-refractivity contribution in [3.8, 4) is 0 Å². The zero-order chi connectivity index (χ0) is 7.49. The Hall–Kier alpha value is -0.400. The first-order valence-corrected chi connectivity index (χ1v) is 3.16. The minimum Gasteiger partial charge on any atom is -0.300 e. The van der Waals surface area contributed by atoms with Crippen LogP contribution in [0.3, 0.4) is 0 Å². The van der Waals surface area contributed by atoms with Gasteiger partial charge in [-0.3, -0.25) is 4.79 Å². The molecule has 2 heteroatoms. The Balaban J connectivity index is 3.71. The minimum absolute atomic E-state index is 0.0451. The predicted octanol–water partition coefficient (Wildman–Crippen LogP) is 2.10. The molecule has 0 aliphatic carbocycles. The Morgan fingerprint density at radius 3 is 2.22 bits per heavy atom. The van der Waals surface area contributed by atoms with Crippen molar-refractivity contribution in [1.82, 2.24) is 0 Å². The van der Waals surface area contributed by atoms with Gasteiger partial charge in [-0.15, -0.1) is 0 Å². The van der Waals surface area contributed by atoms with Crippen molar-refractivity contribution in [2.45, 2.75) is 39.3 Å². The number of alkyl halides is 1. The minimum atomic E-state index is -1.29. The highest BCUT2D eigenvalue weighted by Gasteiger charge is 2.21. The number of ketones is 1. The summed E-state index contributed by atoms with van der Waals surface area (Å²) >= 11 is 0. The van der Waals surface area contributed by atoms with E-state index in [0.717, 1.165) is 0 Å². The maximum absolute atomic E-state index is 12.8. The molecule has 0 aromatic heterocycles. The van der Waals surface area contributed by atoms with E-state index < -0.39 is 5.67 Å². The van der Waals surface area contributed by atoms with Gasteiger partial charge in [-0.1, -0.05) is 6.92 Å². The van der Waals surface area contributed by atoms with Gasteiger partial charge in [0.15, 0.2) is 0 Å². The van der Waals surface area contributed by atoms with Crippen molar-refractivity contribution in [3.05, 3.63) is 0 Å². The van der Waals surface area contributed by atoms with Crippen molar-refractivity contribution in [2.75, 3.05) is 0 Å². The van der Waals surface area contributed by atoms with E-state index in [-0.39, 0.29) is 12.2 Å². The zero-order valence-electron chi connectivity index (χ0n) is 6.20. The molecule has 0 N–H and O–H groups in total. The maximum atomic E-state index is 12.8. The Morgan fingerprint density at radius 1 is 1.67 bits per heavy atom. The maximum Gasteiger partial charge on any atom is 0.133 e. The normalized spacial score (nSPS) is 16.9. The smallest absolute Gasteiger partial charge is 0.133 e. The topological polar surface area (TPSA) is 17.1 Å². The van der Waals surface area contributed by atoms with Crippen molar-refractivity contribution in [2.24, 2.45) is 0 Å². The number of carbonyl (C=O) groups excluding carboxylic acids is 1. The average Bonchev–Trinajstić information content (AvgIpc) is 1.63. The number of hydrogen-bond acceptors (Lipinski definition) is 1. The van der Waals surface area contributed by atoms with Crippen LogP contribution in [0.5, 0.6) is 0 Å². The fourth-order valence-electron chi connectivity index (χ4n) is 0.644. The number of Topliss-reactive ketones (excluding diaryl/α,β-unsaturated/α-hetero) is 1. The second-order valence-electron chi connectivity index (χ2n) is 2.65. The Morgan fingerprint density at radius 2 is 2.11 bits per heavy atom. The lowest BCUT2D eigenvalue weighted by Crippen LogP contribution is -2.19. The summed E-state index contributed by atoms with van der Waals surface area (Å²) < 4.78 is 12.8. The number of hydrogen-bond donors (Lipinski definition) is 0. The molecule has 0 bridgehead atoms. The molecule has 1 nitrogen and oxygen atoms in total. The lowest BCUT2D eigenvalue weighted by molar-refractivity contribution is -0.119. The second kappa shape index (κ2) is 2.95. The molecule has 0 spiro atoms. The van der Waals surface area contributed by atoms with E-state index in [1.807, 2.05) is 0 Å². The molecule has 0 aliphatic heterocycles. The summed E-state index contributed by atoms with van der Waals surface area (Å²) in [6, 6.07) is 0. The molecule has 0 heterocycles. The van der Waals surface area contributed by atoms with Crippen LogP contribution in [0.4, 0.5) is 4.39 Å². The van der Waals surface area contributed by atoms with Gasteiger partial charge in [0.25, 0.3) is 0 Å². The van der Waals surface area contributed by atoms with Crippen LogP contribution in [0.2, 0.25) is 0 Å². The van der Waals surface area contributed by atoms with Gasteiger partial charge in [0.1, 0.15) is 11.5 Å². The average molecular weight is 132 g/mol. The SMILES string of the molecule is CCC(C)(F)CC(C)=O. The summed E-state index contributed by atoms with van der Waals surface area (Å²) in [6.45, 7) is 4.60. The van der Waals surface area contributed by atoms with Gasteiger partial charge < -0.3 is 0 Å². The Kier molecular flexibility index (Phi) is 2.82. The van der Waals surface area contributed by atoms with E-state index >= 15 is 0 Å². The quantitative estimate of drug-likeness (QED) is 0.574. The molecular weight excluding hydrogens is 119 g/mol. The van der Waals surface area contributed by atoms with Crippen LogP contribution >= 0.6 is 0 Å². The molecule has 0 aromatic carbocycles. The molecule has 1 atom stereocenters. The molecule has 0 fully saturated rings. The second-order valence-corrected chi connectivity index (χ2v) is 2.65. The van der Waals surface area contributed by atoms with Gasteiger partial charge in [0.05, 0.1) is 0 Å². The fourth-order valence-corrected chi connectivity index (χ4v) is 0.644. The summed E-state index contributed by atoms with van der Waals surface area (Å²) in [4.78, 5) is 10.4. The van der Waals surface area contributed by atoms with Crippen LogP contribution in [0.1, 0.15) is 33.6 Å². The standard InChI is InChI=1S/C7H13FO/c1-4-7(3,8)5-6(2)9/h4-5H2,1-3H3.